The number of nitrogens with one attached hydrogen (secondary N) is 1. The van der Waals surface area contributed by atoms with E-state index in [2.05, 4.69) is 20.9 Å². The maximum Gasteiger partial charge on any atom is 0.353 e. The Labute approximate surface area is 76.5 Å². The molecular formula is C6H5BrClNO2. The van der Waals surface area contributed by atoms with Crippen LogP contribution in [0.3, 0.4) is 0 Å². The molecule has 2 N–H and O–H groups in total. The van der Waals surface area contributed by atoms with Gasteiger partial charge in [0.25, 0.3) is 0 Å². The predicted octanol–water partition coefficient (Wildman–Crippen LogP) is 2.44. The van der Waals surface area contributed by atoms with Crippen LogP contribution in [0.4, 0.5) is 0 Å². The van der Waals surface area contributed by atoms with Gasteiger partial charge in [-0.2, -0.15) is 0 Å². The van der Waals surface area contributed by atoms with Crippen LogP contribution in [0.25, 0.3) is 0 Å². The largest absolute Gasteiger partial charge is 0.477 e. The summed E-state index contributed by atoms with van der Waals surface area (Å²) in [6.07, 6.45) is 0. The number of rotatable bonds is 1. The molecule has 0 saturated carbocycles. The SMILES string of the molecule is Cc1[nH]c(C(=O)O)c(Cl)c1Br. The topological polar surface area (TPSA) is 53.1 Å². The van der Waals surface area contributed by atoms with Gasteiger partial charge >= 0.3 is 5.97 Å². The molecule has 60 valence electrons. The molecule has 1 rings (SSSR count). The summed E-state index contributed by atoms with van der Waals surface area (Å²) in [7, 11) is 0. The molecule has 1 aromatic heterocycles. The van der Waals surface area contributed by atoms with Crippen molar-refractivity contribution in [1.29, 1.82) is 0 Å². The van der Waals surface area contributed by atoms with Gasteiger partial charge in [-0.3, -0.25) is 0 Å². The summed E-state index contributed by atoms with van der Waals surface area (Å²) >= 11 is 8.79. The molecule has 0 aromatic carbocycles. The van der Waals surface area contributed by atoms with E-state index < -0.39 is 5.97 Å². The Balaban J connectivity index is 3.29. The summed E-state index contributed by atoms with van der Waals surface area (Å²) in [4.78, 5) is 13.1. The fraction of sp³-hybridized carbons (Fsp3) is 0.167. The first-order valence-electron chi connectivity index (χ1n) is 2.81. The Morgan fingerprint density at radius 1 is 1.73 bits per heavy atom. The molecule has 0 saturated heterocycles. The van der Waals surface area contributed by atoms with Crippen molar-refractivity contribution < 1.29 is 9.90 Å². The number of hydrogen-bond acceptors (Lipinski definition) is 1. The fourth-order valence-electron chi connectivity index (χ4n) is 0.719. The molecule has 0 fully saturated rings. The number of carbonyl (C=O) groups is 1. The summed E-state index contributed by atoms with van der Waals surface area (Å²) in [6.45, 7) is 1.74. The van der Waals surface area contributed by atoms with E-state index in [9.17, 15) is 4.79 Å². The lowest BCUT2D eigenvalue weighted by atomic mass is 10.4. The normalized spacial score (nSPS) is 10.1. The van der Waals surface area contributed by atoms with Gasteiger partial charge in [-0.05, 0) is 22.9 Å². The quantitative estimate of drug-likeness (QED) is 0.789. The number of H-pyrrole nitrogens is 1. The first-order chi connectivity index (χ1) is 5.04. The van der Waals surface area contributed by atoms with Gasteiger partial charge in [0.05, 0.1) is 9.50 Å². The van der Waals surface area contributed by atoms with Gasteiger partial charge in [0.15, 0.2) is 0 Å². The molecule has 0 aliphatic carbocycles. The smallest absolute Gasteiger partial charge is 0.353 e. The van der Waals surface area contributed by atoms with E-state index in [1.54, 1.807) is 6.92 Å². The van der Waals surface area contributed by atoms with Gasteiger partial charge in [0, 0.05) is 5.69 Å². The van der Waals surface area contributed by atoms with Crippen LogP contribution in [0.2, 0.25) is 5.02 Å². The minimum atomic E-state index is -1.05. The van der Waals surface area contributed by atoms with Crippen LogP contribution < -0.4 is 0 Å². The number of carboxylic acid groups (broad SMARTS) is 1. The zero-order valence-corrected chi connectivity index (χ0v) is 7.95. The standard InChI is InChI=1S/C6H5BrClNO2/c1-2-3(7)4(8)5(9-2)6(10)11/h9H,1H3,(H,10,11). The Kier molecular flexibility index (Phi) is 2.25. The maximum atomic E-state index is 10.5. The summed E-state index contributed by atoms with van der Waals surface area (Å²) in [5, 5.41) is 8.78. The number of hydrogen-bond donors (Lipinski definition) is 2. The number of aromatic carboxylic acids is 1. The van der Waals surface area contributed by atoms with Crippen molar-refractivity contribution in [2.45, 2.75) is 6.92 Å². The molecule has 0 unspecified atom stereocenters. The summed E-state index contributed by atoms with van der Waals surface area (Å²) < 4.78 is 0.608. The van der Waals surface area contributed by atoms with Crippen LogP contribution in [0.15, 0.2) is 4.47 Å². The molecule has 0 radical (unpaired) electrons. The van der Waals surface area contributed by atoms with Crippen LogP contribution in [-0.2, 0) is 0 Å². The van der Waals surface area contributed by atoms with Crippen molar-refractivity contribution >= 4 is 33.5 Å². The summed E-state index contributed by atoms with van der Waals surface area (Å²) in [5.74, 6) is -1.05. The molecule has 0 atom stereocenters. The van der Waals surface area contributed by atoms with Crippen molar-refractivity contribution in [2.75, 3.05) is 0 Å². The third-order valence-corrected chi connectivity index (χ3v) is 2.87. The second-order valence-corrected chi connectivity index (χ2v) is 3.23. The lowest BCUT2D eigenvalue weighted by Crippen LogP contribution is -1.96. The van der Waals surface area contributed by atoms with Crippen molar-refractivity contribution in [1.82, 2.24) is 4.98 Å². The second-order valence-electron chi connectivity index (χ2n) is 2.06. The van der Waals surface area contributed by atoms with Crippen LogP contribution >= 0.6 is 27.5 Å². The molecule has 0 amide bonds. The molecule has 1 aromatic rings. The minimum absolute atomic E-state index is 0.0241. The van der Waals surface area contributed by atoms with E-state index in [0.717, 1.165) is 0 Å². The molecule has 0 bridgehead atoms. The lowest BCUT2D eigenvalue weighted by Gasteiger charge is -1.87. The highest BCUT2D eigenvalue weighted by Gasteiger charge is 2.15. The zero-order chi connectivity index (χ0) is 8.59. The lowest BCUT2D eigenvalue weighted by molar-refractivity contribution is 0.0691. The molecule has 0 aliphatic rings. The molecule has 1 heterocycles. The fourth-order valence-corrected chi connectivity index (χ4v) is 1.29. The van der Waals surface area contributed by atoms with Gasteiger partial charge < -0.3 is 10.1 Å². The van der Waals surface area contributed by atoms with E-state index in [1.807, 2.05) is 0 Å². The Morgan fingerprint density at radius 2 is 2.27 bits per heavy atom. The Bertz CT molecular complexity index is 308. The molecule has 5 heteroatoms. The second kappa shape index (κ2) is 2.87. The predicted molar refractivity (Wildman–Crippen MR) is 45.2 cm³/mol. The molecule has 0 aliphatic heterocycles. The highest BCUT2D eigenvalue weighted by atomic mass is 79.9. The Hall–Kier alpha value is -0.480. The van der Waals surface area contributed by atoms with E-state index >= 15 is 0 Å². The Morgan fingerprint density at radius 3 is 2.45 bits per heavy atom. The molecule has 11 heavy (non-hydrogen) atoms. The monoisotopic (exact) mass is 237 g/mol. The molecular weight excluding hydrogens is 233 g/mol. The molecule has 0 spiro atoms. The number of aryl methyl sites for hydroxylation is 1. The first kappa shape index (κ1) is 8.62. The van der Waals surface area contributed by atoms with Gasteiger partial charge in [-0.1, -0.05) is 11.6 Å². The van der Waals surface area contributed by atoms with E-state index in [4.69, 9.17) is 16.7 Å². The number of aromatic amines is 1. The van der Waals surface area contributed by atoms with Gasteiger partial charge in [0.1, 0.15) is 5.69 Å². The van der Waals surface area contributed by atoms with Crippen molar-refractivity contribution in [3.8, 4) is 0 Å². The zero-order valence-electron chi connectivity index (χ0n) is 5.61. The van der Waals surface area contributed by atoms with Crippen molar-refractivity contribution in [2.24, 2.45) is 0 Å². The first-order valence-corrected chi connectivity index (χ1v) is 3.98. The van der Waals surface area contributed by atoms with Crippen LogP contribution in [-0.4, -0.2) is 16.1 Å². The van der Waals surface area contributed by atoms with E-state index in [1.165, 1.54) is 0 Å². The number of halogens is 2. The third kappa shape index (κ3) is 1.41. The maximum absolute atomic E-state index is 10.5. The van der Waals surface area contributed by atoms with Crippen LogP contribution in [0.1, 0.15) is 16.2 Å². The van der Waals surface area contributed by atoms with Crippen LogP contribution in [0, 0.1) is 6.92 Å². The third-order valence-electron chi connectivity index (χ3n) is 1.27. The van der Waals surface area contributed by atoms with E-state index in [0.29, 0.717) is 10.2 Å². The van der Waals surface area contributed by atoms with Crippen molar-refractivity contribution in [3.05, 3.63) is 20.9 Å². The number of carboxylic acids is 1. The van der Waals surface area contributed by atoms with Gasteiger partial charge in [-0.15, -0.1) is 0 Å². The summed E-state index contributed by atoms with van der Waals surface area (Å²) in [6, 6.07) is 0. The highest BCUT2D eigenvalue weighted by Crippen LogP contribution is 2.29. The van der Waals surface area contributed by atoms with E-state index in [-0.39, 0.29) is 10.7 Å². The highest BCUT2D eigenvalue weighted by molar-refractivity contribution is 9.10. The minimum Gasteiger partial charge on any atom is -0.477 e. The molecule has 3 nitrogen and oxygen atoms in total. The average molecular weight is 238 g/mol. The van der Waals surface area contributed by atoms with Crippen molar-refractivity contribution in [3.63, 3.8) is 0 Å². The van der Waals surface area contributed by atoms with Gasteiger partial charge in [0.2, 0.25) is 0 Å². The average Bonchev–Trinajstić information content (AvgIpc) is 2.17. The number of aromatic nitrogens is 1. The summed E-state index contributed by atoms with van der Waals surface area (Å²) in [5.41, 5.74) is 0.739. The van der Waals surface area contributed by atoms with Gasteiger partial charge in [-0.25, -0.2) is 4.79 Å². The van der Waals surface area contributed by atoms with Crippen LogP contribution in [0.5, 0.6) is 0 Å².